The minimum absolute atomic E-state index is 0.177. The number of alkyl halides is 3. The molecule has 1 unspecified atom stereocenters. The van der Waals surface area contributed by atoms with Gasteiger partial charge in [-0.05, 0) is 24.1 Å². The van der Waals surface area contributed by atoms with Gasteiger partial charge in [-0.25, -0.2) is 4.79 Å². The number of halogens is 3. The molecule has 1 aromatic carbocycles. The molecule has 0 radical (unpaired) electrons. The van der Waals surface area contributed by atoms with Crippen molar-refractivity contribution in [1.29, 1.82) is 0 Å². The minimum atomic E-state index is -4.32. The molecular formula is C19H23F3N4O2. The van der Waals surface area contributed by atoms with Gasteiger partial charge in [0.1, 0.15) is 0 Å². The number of nitrogens with one attached hydrogen (secondary N) is 1. The van der Waals surface area contributed by atoms with Crippen molar-refractivity contribution in [2.24, 2.45) is 14.1 Å². The molecule has 0 spiro atoms. The highest BCUT2D eigenvalue weighted by atomic mass is 19.4. The van der Waals surface area contributed by atoms with E-state index < -0.39 is 11.7 Å². The normalized spacial score (nSPS) is 18.0. The van der Waals surface area contributed by atoms with E-state index in [2.05, 4.69) is 10.2 Å². The third kappa shape index (κ3) is 4.53. The van der Waals surface area contributed by atoms with E-state index in [1.807, 2.05) is 0 Å². The van der Waals surface area contributed by atoms with Gasteiger partial charge in [0.15, 0.2) is 0 Å². The topological polar surface area (TPSA) is 59.3 Å². The number of aromatic nitrogens is 2. The highest BCUT2D eigenvalue weighted by Gasteiger charge is 2.30. The molecule has 1 fully saturated rings. The van der Waals surface area contributed by atoms with E-state index in [0.29, 0.717) is 18.7 Å². The van der Waals surface area contributed by atoms with Crippen LogP contribution in [-0.2, 0) is 33.4 Å². The van der Waals surface area contributed by atoms with Crippen molar-refractivity contribution in [3.8, 4) is 0 Å². The number of likely N-dealkylation sites (tertiary alicyclic amines) is 1. The highest BCUT2D eigenvalue weighted by Crippen LogP contribution is 2.29. The largest absolute Gasteiger partial charge is 0.416 e. The molecule has 1 saturated heterocycles. The van der Waals surface area contributed by atoms with Gasteiger partial charge in [-0.1, -0.05) is 12.1 Å². The molecule has 0 saturated carbocycles. The lowest BCUT2D eigenvalue weighted by Gasteiger charge is -2.17. The fourth-order valence-corrected chi connectivity index (χ4v) is 3.46. The van der Waals surface area contributed by atoms with Crippen LogP contribution >= 0.6 is 0 Å². The van der Waals surface area contributed by atoms with Crippen LogP contribution in [0.5, 0.6) is 0 Å². The van der Waals surface area contributed by atoms with Crippen molar-refractivity contribution in [2.45, 2.75) is 31.7 Å². The monoisotopic (exact) mass is 396 g/mol. The first-order valence-electron chi connectivity index (χ1n) is 9.02. The third-order valence-electron chi connectivity index (χ3n) is 5.06. The molecular weight excluding hydrogens is 373 g/mol. The first-order valence-corrected chi connectivity index (χ1v) is 9.02. The summed E-state index contributed by atoms with van der Waals surface area (Å²) in [4.78, 5) is 26.1. The molecule has 0 amide bonds. The molecule has 6 nitrogen and oxygen atoms in total. The summed E-state index contributed by atoms with van der Waals surface area (Å²) in [6.45, 7) is 2.51. The molecule has 0 aliphatic carbocycles. The zero-order valence-electron chi connectivity index (χ0n) is 15.8. The molecule has 9 heteroatoms. The first-order chi connectivity index (χ1) is 13.1. The number of nitrogens with zero attached hydrogens (tertiary/aromatic N) is 3. The summed E-state index contributed by atoms with van der Waals surface area (Å²) in [6, 6.07) is 5.42. The van der Waals surface area contributed by atoms with Crippen molar-refractivity contribution in [1.82, 2.24) is 19.4 Å². The smallest absolute Gasteiger partial charge is 0.308 e. The Morgan fingerprint density at radius 2 is 1.82 bits per heavy atom. The summed E-state index contributed by atoms with van der Waals surface area (Å²) in [5, 5.41) is 3.34. The fourth-order valence-electron chi connectivity index (χ4n) is 3.46. The number of hydrogen-bond acceptors (Lipinski definition) is 4. The van der Waals surface area contributed by atoms with Crippen LogP contribution in [0.3, 0.4) is 0 Å². The molecule has 0 bridgehead atoms. The zero-order valence-corrected chi connectivity index (χ0v) is 15.8. The summed E-state index contributed by atoms with van der Waals surface area (Å²) in [5.74, 6) is 0. The molecule has 152 valence electrons. The van der Waals surface area contributed by atoms with Gasteiger partial charge in [-0.2, -0.15) is 13.2 Å². The lowest BCUT2D eigenvalue weighted by Crippen LogP contribution is -2.41. The predicted octanol–water partition coefficient (Wildman–Crippen LogP) is 1.47. The first kappa shape index (κ1) is 20.3. The van der Waals surface area contributed by atoms with Gasteiger partial charge in [-0.3, -0.25) is 14.3 Å². The number of rotatable bonds is 5. The van der Waals surface area contributed by atoms with Gasteiger partial charge < -0.3 is 9.88 Å². The Balaban J connectivity index is 1.55. The summed E-state index contributed by atoms with van der Waals surface area (Å²) in [7, 11) is 3.06. The third-order valence-corrected chi connectivity index (χ3v) is 5.06. The Morgan fingerprint density at radius 1 is 1.14 bits per heavy atom. The van der Waals surface area contributed by atoms with E-state index in [9.17, 15) is 22.8 Å². The van der Waals surface area contributed by atoms with Crippen LogP contribution in [0, 0.1) is 0 Å². The summed E-state index contributed by atoms with van der Waals surface area (Å²) in [5.41, 5.74) is 0.0370. The van der Waals surface area contributed by atoms with Gasteiger partial charge in [-0.15, -0.1) is 0 Å². The standard InChI is InChI=1S/C19H23F3N4O2/c1-24-11-14(17(27)25(2)18(24)28)9-23-16-7-8-26(12-16)10-13-3-5-15(6-4-13)19(20,21)22/h3-6,11,16,23H,7-10,12H2,1-2H3. The molecule has 1 aliphatic rings. The molecule has 1 aromatic heterocycles. The van der Waals surface area contributed by atoms with E-state index in [1.165, 1.54) is 23.7 Å². The van der Waals surface area contributed by atoms with Crippen molar-refractivity contribution >= 4 is 0 Å². The number of aryl methyl sites for hydroxylation is 1. The Kier molecular flexibility index (Phi) is 5.76. The van der Waals surface area contributed by atoms with Crippen LogP contribution in [-0.4, -0.2) is 33.2 Å². The van der Waals surface area contributed by atoms with Gasteiger partial charge in [0.05, 0.1) is 5.56 Å². The molecule has 1 atom stereocenters. The Hall–Kier alpha value is -2.39. The maximum atomic E-state index is 12.6. The maximum absolute atomic E-state index is 12.6. The van der Waals surface area contributed by atoms with E-state index in [-0.39, 0.29) is 17.3 Å². The van der Waals surface area contributed by atoms with E-state index in [0.717, 1.165) is 41.8 Å². The Labute approximate surface area is 160 Å². The van der Waals surface area contributed by atoms with Crippen molar-refractivity contribution < 1.29 is 13.2 Å². The number of hydrogen-bond donors (Lipinski definition) is 1. The molecule has 1 N–H and O–H groups in total. The SMILES string of the molecule is Cn1cc(CNC2CCN(Cc3ccc(C(F)(F)F)cc3)C2)c(=O)n(C)c1=O. The quantitative estimate of drug-likeness (QED) is 0.832. The van der Waals surface area contributed by atoms with Crippen LogP contribution in [0.4, 0.5) is 13.2 Å². The van der Waals surface area contributed by atoms with Crippen LogP contribution < -0.4 is 16.6 Å². The summed E-state index contributed by atoms with van der Waals surface area (Å²) in [6.07, 6.45) is -1.89. The lowest BCUT2D eigenvalue weighted by atomic mass is 10.1. The van der Waals surface area contributed by atoms with Crippen molar-refractivity contribution in [3.63, 3.8) is 0 Å². The van der Waals surface area contributed by atoms with E-state index >= 15 is 0 Å². The Morgan fingerprint density at radius 3 is 2.46 bits per heavy atom. The average molecular weight is 396 g/mol. The van der Waals surface area contributed by atoms with Gasteiger partial charge in [0, 0.05) is 58.1 Å². The maximum Gasteiger partial charge on any atom is 0.416 e. The van der Waals surface area contributed by atoms with Crippen molar-refractivity contribution in [2.75, 3.05) is 13.1 Å². The molecule has 28 heavy (non-hydrogen) atoms. The van der Waals surface area contributed by atoms with Crippen LogP contribution in [0.1, 0.15) is 23.1 Å². The van der Waals surface area contributed by atoms with E-state index in [1.54, 1.807) is 13.2 Å². The lowest BCUT2D eigenvalue weighted by molar-refractivity contribution is -0.137. The second-order valence-corrected chi connectivity index (χ2v) is 7.21. The van der Waals surface area contributed by atoms with Gasteiger partial charge in [0.25, 0.3) is 5.56 Å². The fraction of sp³-hybridized carbons (Fsp3) is 0.474. The highest BCUT2D eigenvalue weighted by molar-refractivity contribution is 5.24. The summed E-state index contributed by atoms with van der Waals surface area (Å²) < 4.78 is 40.4. The number of benzene rings is 1. The average Bonchev–Trinajstić information content (AvgIpc) is 3.09. The van der Waals surface area contributed by atoms with Gasteiger partial charge >= 0.3 is 11.9 Å². The van der Waals surface area contributed by atoms with Gasteiger partial charge in [0.2, 0.25) is 0 Å². The van der Waals surface area contributed by atoms with Crippen LogP contribution in [0.2, 0.25) is 0 Å². The molecule has 1 aliphatic heterocycles. The second-order valence-electron chi connectivity index (χ2n) is 7.21. The molecule has 2 aromatic rings. The second kappa shape index (κ2) is 7.92. The Bertz CT molecular complexity index is 948. The van der Waals surface area contributed by atoms with Crippen molar-refractivity contribution in [3.05, 3.63) is 68.0 Å². The minimum Gasteiger partial charge on any atom is -0.308 e. The zero-order chi connectivity index (χ0) is 20.5. The van der Waals surface area contributed by atoms with E-state index in [4.69, 9.17) is 0 Å². The van der Waals surface area contributed by atoms with Crippen LogP contribution in [0.25, 0.3) is 0 Å². The summed E-state index contributed by atoms with van der Waals surface area (Å²) >= 11 is 0. The predicted molar refractivity (Wildman–Crippen MR) is 98.9 cm³/mol. The molecule has 3 rings (SSSR count). The molecule has 2 heterocycles. The van der Waals surface area contributed by atoms with Crippen LogP contribution in [0.15, 0.2) is 40.1 Å².